The molecular weight excluding hydrogens is 398 g/mol. The van der Waals surface area contributed by atoms with Crippen molar-refractivity contribution >= 4 is 17.5 Å². The molecule has 1 amide bonds. The van der Waals surface area contributed by atoms with Gasteiger partial charge in [-0.15, -0.1) is 10.2 Å². The molecule has 0 unspecified atom stereocenters. The molecule has 4 aromatic rings. The Kier molecular flexibility index (Phi) is 6.20. The fraction of sp³-hybridized carbons (Fsp3) is 0.125. The molecular formula is C24H20ClN3O2. The fourth-order valence-corrected chi connectivity index (χ4v) is 3.25. The topological polar surface area (TPSA) is 68.0 Å². The number of amides is 1. The maximum absolute atomic E-state index is 12.7. The second kappa shape index (κ2) is 9.37. The molecule has 1 aromatic heterocycles. The van der Waals surface area contributed by atoms with Crippen LogP contribution < -0.4 is 5.32 Å². The largest absolute Gasteiger partial charge is 0.418 e. The fourth-order valence-electron chi connectivity index (χ4n) is 3.13. The minimum atomic E-state index is -0.560. The highest BCUT2D eigenvalue weighted by Crippen LogP contribution is 2.26. The predicted octanol–water partition coefficient (Wildman–Crippen LogP) is 5.23. The number of nitrogens with one attached hydrogen (secondary N) is 1. The molecule has 0 aliphatic heterocycles. The Labute approximate surface area is 179 Å². The van der Waals surface area contributed by atoms with Crippen molar-refractivity contribution in [2.24, 2.45) is 0 Å². The average Bonchev–Trinajstić information content (AvgIpc) is 3.28. The van der Waals surface area contributed by atoms with Crippen LogP contribution in [0.5, 0.6) is 0 Å². The molecule has 0 saturated carbocycles. The van der Waals surface area contributed by atoms with Gasteiger partial charge in [-0.25, -0.2) is 0 Å². The molecule has 0 aliphatic rings. The van der Waals surface area contributed by atoms with E-state index in [1.165, 1.54) is 0 Å². The quantitative estimate of drug-likeness (QED) is 0.447. The lowest BCUT2D eigenvalue weighted by Gasteiger charge is -2.16. The van der Waals surface area contributed by atoms with Gasteiger partial charge >= 0.3 is 0 Å². The monoisotopic (exact) mass is 417 g/mol. The number of aromatic nitrogens is 2. The van der Waals surface area contributed by atoms with Crippen molar-refractivity contribution in [3.63, 3.8) is 0 Å². The Hall–Kier alpha value is -3.44. The summed E-state index contributed by atoms with van der Waals surface area (Å²) in [7, 11) is 0. The van der Waals surface area contributed by atoms with E-state index in [1.54, 1.807) is 12.1 Å². The molecule has 1 N–H and O–H groups in total. The highest BCUT2D eigenvalue weighted by Gasteiger charge is 2.23. The zero-order chi connectivity index (χ0) is 20.8. The van der Waals surface area contributed by atoms with Crippen molar-refractivity contribution in [1.29, 1.82) is 0 Å². The Morgan fingerprint density at radius 3 is 2.27 bits per heavy atom. The third kappa shape index (κ3) is 4.93. The molecule has 1 heterocycles. The van der Waals surface area contributed by atoms with Gasteiger partial charge in [0, 0.05) is 17.0 Å². The number of rotatable bonds is 7. The number of carbonyl (C=O) groups excluding carboxylic acids is 1. The Morgan fingerprint density at radius 1 is 0.900 bits per heavy atom. The SMILES string of the molecule is O=C(CCc1ccccc1)N[C@@H](c1ccc(Cl)cc1)c1nnc(-c2ccccc2)o1. The van der Waals surface area contributed by atoms with Gasteiger partial charge in [0.05, 0.1) is 0 Å². The Morgan fingerprint density at radius 2 is 1.57 bits per heavy atom. The summed E-state index contributed by atoms with van der Waals surface area (Å²) in [5.74, 6) is 0.630. The number of carbonyl (C=O) groups is 1. The minimum Gasteiger partial charge on any atom is -0.418 e. The third-order valence-electron chi connectivity index (χ3n) is 4.70. The normalized spacial score (nSPS) is 11.8. The van der Waals surface area contributed by atoms with Gasteiger partial charge in [0.2, 0.25) is 17.7 Å². The number of aryl methyl sites for hydroxylation is 1. The average molecular weight is 418 g/mol. The van der Waals surface area contributed by atoms with Gasteiger partial charge in [0.1, 0.15) is 6.04 Å². The molecule has 5 nitrogen and oxygen atoms in total. The van der Waals surface area contributed by atoms with Gasteiger partial charge in [-0.1, -0.05) is 72.3 Å². The molecule has 0 aliphatic carbocycles. The van der Waals surface area contributed by atoms with E-state index in [4.69, 9.17) is 16.0 Å². The first-order chi connectivity index (χ1) is 14.7. The predicted molar refractivity (Wildman–Crippen MR) is 116 cm³/mol. The van der Waals surface area contributed by atoms with Crippen LogP contribution in [0.1, 0.15) is 29.5 Å². The molecule has 0 bridgehead atoms. The lowest BCUT2D eigenvalue weighted by atomic mass is 10.1. The van der Waals surface area contributed by atoms with Crippen LogP contribution in [0.2, 0.25) is 5.02 Å². The smallest absolute Gasteiger partial charge is 0.247 e. The van der Waals surface area contributed by atoms with Gasteiger partial charge in [0.15, 0.2) is 0 Å². The van der Waals surface area contributed by atoms with Crippen LogP contribution >= 0.6 is 11.6 Å². The molecule has 0 saturated heterocycles. The lowest BCUT2D eigenvalue weighted by molar-refractivity contribution is -0.121. The first-order valence-corrected chi connectivity index (χ1v) is 10.0. The zero-order valence-electron chi connectivity index (χ0n) is 16.2. The van der Waals surface area contributed by atoms with E-state index in [0.29, 0.717) is 29.6 Å². The van der Waals surface area contributed by atoms with Gasteiger partial charge in [-0.3, -0.25) is 4.79 Å². The second-order valence-electron chi connectivity index (χ2n) is 6.85. The highest BCUT2D eigenvalue weighted by molar-refractivity contribution is 6.30. The van der Waals surface area contributed by atoms with Crippen LogP contribution in [0.15, 0.2) is 89.3 Å². The van der Waals surface area contributed by atoms with Crippen molar-refractivity contribution in [3.05, 3.63) is 107 Å². The molecule has 1 atom stereocenters. The lowest BCUT2D eigenvalue weighted by Crippen LogP contribution is -2.29. The van der Waals surface area contributed by atoms with Crippen LogP contribution in [0.25, 0.3) is 11.5 Å². The molecule has 4 rings (SSSR count). The van der Waals surface area contributed by atoms with Crippen molar-refractivity contribution in [1.82, 2.24) is 15.5 Å². The van der Waals surface area contributed by atoms with E-state index in [0.717, 1.165) is 16.7 Å². The Balaban J connectivity index is 1.55. The summed E-state index contributed by atoms with van der Waals surface area (Å²) in [6.45, 7) is 0. The van der Waals surface area contributed by atoms with Crippen LogP contribution in [-0.4, -0.2) is 16.1 Å². The van der Waals surface area contributed by atoms with Crippen molar-refractivity contribution in [2.45, 2.75) is 18.9 Å². The van der Waals surface area contributed by atoms with Crippen LogP contribution in [-0.2, 0) is 11.2 Å². The van der Waals surface area contributed by atoms with E-state index in [2.05, 4.69) is 15.5 Å². The number of hydrogen-bond acceptors (Lipinski definition) is 4. The van der Waals surface area contributed by atoms with E-state index < -0.39 is 6.04 Å². The molecule has 0 spiro atoms. The summed E-state index contributed by atoms with van der Waals surface area (Å²) in [5, 5.41) is 12.0. The van der Waals surface area contributed by atoms with E-state index in [-0.39, 0.29) is 5.91 Å². The van der Waals surface area contributed by atoms with Crippen LogP contribution in [0.3, 0.4) is 0 Å². The van der Waals surface area contributed by atoms with E-state index >= 15 is 0 Å². The summed E-state index contributed by atoms with van der Waals surface area (Å²) < 4.78 is 5.91. The summed E-state index contributed by atoms with van der Waals surface area (Å²) >= 11 is 6.03. The number of nitrogens with zero attached hydrogens (tertiary/aromatic N) is 2. The van der Waals surface area contributed by atoms with Gasteiger partial charge in [0.25, 0.3) is 0 Å². The van der Waals surface area contributed by atoms with Crippen molar-refractivity contribution in [2.75, 3.05) is 0 Å². The first kappa shape index (κ1) is 19.9. The first-order valence-electron chi connectivity index (χ1n) is 9.66. The number of hydrogen-bond donors (Lipinski definition) is 1. The Bertz CT molecular complexity index is 1100. The molecule has 30 heavy (non-hydrogen) atoms. The zero-order valence-corrected chi connectivity index (χ0v) is 16.9. The second-order valence-corrected chi connectivity index (χ2v) is 7.29. The van der Waals surface area contributed by atoms with Gasteiger partial charge < -0.3 is 9.73 Å². The summed E-state index contributed by atoms with van der Waals surface area (Å²) in [5.41, 5.74) is 2.75. The van der Waals surface area contributed by atoms with Crippen LogP contribution in [0, 0.1) is 0 Å². The van der Waals surface area contributed by atoms with E-state index in [9.17, 15) is 4.79 Å². The van der Waals surface area contributed by atoms with E-state index in [1.807, 2.05) is 72.8 Å². The summed E-state index contributed by atoms with van der Waals surface area (Å²) in [4.78, 5) is 12.7. The number of halogens is 1. The maximum atomic E-state index is 12.7. The standard InChI is InChI=1S/C24H20ClN3O2/c25-20-14-12-18(13-15-20)22(26-21(29)16-11-17-7-3-1-4-8-17)24-28-27-23(30-24)19-9-5-2-6-10-19/h1-10,12-15,22H,11,16H2,(H,26,29)/t22-/m0/s1. The highest BCUT2D eigenvalue weighted by atomic mass is 35.5. The third-order valence-corrected chi connectivity index (χ3v) is 4.95. The molecule has 3 aromatic carbocycles. The molecule has 0 radical (unpaired) electrons. The minimum absolute atomic E-state index is 0.0988. The van der Waals surface area contributed by atoms with Gasteiger partial charge in [-0.2, -0.15) is 0 Å². The molecule has 0 fully saturated rings. The van der Waals surface area contributed by atoms with Crippen molar-refractivity contribution < 1.29 is 9.21 Å². The molecule has 6 heteroatoms. The van der Waals surface area contributed by atoms with Gasteiger partial charge in [-0.05, 0) is 41.8 Å². The molecule has 150 valence electrons. The van der Waals surface area contributed by atoms with Crippen LogP contribution in [0.4, 0.5) is 0 Å². The number of benzene rings is 3. The maximum Gasteiger partial charge on any atom is 0.247 e. The summed E-state index contributed by atoms with van der Waals surface area (Å²) in [6.07, 6.45) is 1.01. The summed E-state index contributed by atoms with van der Waals surface area (Å²) in [6, 6.07) is 26.1. The van der Waals surface area contributed by atoms with Crippen molar-refractivity contribution in [3.8, 4) is 11.5 Å².